The van der Waals surface area contributed by atoms with Crippen LogP contribution < -0.4 is 25.0 Å². The first-order chi connectivity index (χ1) is 27.5. The maximum atomic E-state index is 14.0. The number of anilines is 3. The highest BCUT2D eigenvalue weighted by molar-refractivity contribution is 7.20. The Balaban J connectivity index is 0.991. The highest BCUT2D eigenvalue weighted by atomic mass is 32.1. The first-order valence-corrected chi connectivity index (χ1v) is 19.6. The Morgan fingerprint density at radius 1 is 1.02 bits per heavy atom. The molecule has 2 saturated heterocycles. The van der Waals surface area contributed by atoms with E-state index in [1.165, 1.54) is 48.5 Å². The number of hydrogen-bond donors (Lipinski definition) is 3. The highest BCUT2D eigenvalue weighted by Gasteiger charge is 2.46. The molecule has 2 aromatic carbocycles. The third-order valence-electron chi connectivity index (χ3n) is 10.1. The van der Waals surface area contributed by atoms with Crippen LogP contribution in [0.1, 0.15) is 82.0 Å². The number of thiophene rings is 1. The first kappa shape index (κ1) is 39.5. The number of benzene rings is 2. The van der Waals surface area contributed by atoms with E-state index >= 15 is 0 Å². The average molecular weight is 805 g/mol. The molecule has 2 fully saturated rings. The molecule has 5 heterocycles. The van der Waals surface area contributed by atoms with Crippen LogP contribution in [0.5, 0.6) is 11.5 Å². The van der Waals surface area contributed by atoms with Crippen molar-refractivity contribution in [2.45, 2.75) is 69.9 Å². The van der Waals surface area contributed by atoms with Crippen LogP contribution in [0.15, 0.2) is 42.6 Å². The topological polar surface area (TPSA) is 200 Å². The zero-order valence-corrected chi connectivity index (χ0v) is 32.6. The molecule has 2 aromatic heterocycles. The van der Waals surface area contributed by atoms with Gasteiger partial charge in [0.2, 0.25) is 11.7 Å². The van der Waals surface area contributed by atoms with Gasteiger partial charge in [-0.3, -0.25) is 14.4 Å². The van der Waals surface area contributed by atoms with Gasteiger partial charge in [0.25, 0.3) is 11.8 Å². The van der Waals surface area contributed by atoms with Crippen molar-refractivity contribution in [3.05, 3.63) is 58.9 Å². The van der Waals surface area contributed by atoms with Crippen molar-refractivity contribution in [3.8, 4) is 11.5 Å². The predicted molar refractivity (Wildman–Crippen MR) is 208 cm³/mol. The van der Waals surface area contributed by atoms with Gasteiger partial charge >= 0.3 is 12.1 Å². The van der Waals surface area contributed by atoms with Crippen LogP contribution in [0.2, 0.25) is 0 Å². The van der Waals surface area contributed by atoms with Gasteiger partial charge < -0.3 is 48.9 Å². The summed E-state index contributed by atoms with van der Waals surface area (Å²) in [5, 5.41) is 16.9. The van der Waals surface area contributed by atoms with Gasteiger partial charge in [-0.05, 0) is 80.7 Å². The number of hydrogen-bond acceptors (Lipinski definition) is 12. The van der Waals surface area contributed by atoms with E-state index in [0.29, 0.717) is 36.6 Å². The Morgan fingerprint density at radius 2 is 1.84 bits per heavy atom. The van der Waals surface area contributed by atoms with E-state index in [-0.39, 0.29) is 65.7 Å². The molecule has 3 atom stereocenters. The fraction of sp³-hybridized carbons (Fsp3) is 0.436. The monoisotopic (exact) mass is 804 g/mol. The highest BCUT2D eigenvalue weighted by Crippen LogP contribution is 2.42. The van der Waals surface area contributed by atoms with Gasteiger partial charge in [0.1, 0.15) is 4.88 Å². The minimum atomic E-state index is -1.28. The van der Waals surface area contributed by atoms with Crippen LogP contribution in [-0.2, 0) is 26.1 Å². The van der Waals surface area contributed by atoms with Gasteiger partial charge in [0.05, 0.1) is 38.1 Å². The van der Waals surface area contributed by atoms with Gasteiger partial charge in [0, 0.05) is 49.3 Å². The summed E-state index contributed by atoms with van der Waals surface area (Å²) in [5.41, 5.74) is 0.775. The van der Waals surface area contributed by atoms with E-state index in [0.717, 1.165) is 40.7 Å². The summed E-state index contributed by atoms with van der Waals surface area (Å²) in [4.78, 5) is 72.5. The standard InChI is InChI=1S/C39H44N6O11S/c1-43-21-31(42-34(43)35(47)40-23-12-13-29-22(17-23)18-30(57-29)38(49)53-3)41-32(46)10-8-16-54-28-20-26-24(19-27(28)52-2)36(48)44-14-6-4-9-25(44)37(45(26)39(50)51)56-33-11-5-7-15-55-33/h12-13,17-21,25,33,37H,4-11,14-16H2,1-3H3,(H,40,47)(H,41,46)(H,50,51)/t25-,33?,37?/m0/s1. The average Bonchev–Trinajstić information content (AvgIpc) is 3.79. The molecule has 2 unspecified atom stereocenters. The lowest BCUT2D eigenvalue weighted by Crippen LogP contribution is -2.57. The number of methoxy groups -OCH3 is 2. The lowest BCUT2D eigenvalue weighted by Gasteiger charge is -2.42. The molecule has 0 radical (unpaired) electrons. The molecular weight excluding hydrogens is 761 g/mol. The number of aromatic nitrogens is 2. The molecule has 3 aliphatic rings. The molecule has 0 spiro atoms. The number of carbonyl (C=O) groups is 5. The number of carbonyl (C=O) groups excluding carboxylic acids is 4. The molecule has 17 nitrogen and oxygen atoms in total. The van der Waals surface area contributed by atoms with Crippen molar-refractivity contribution in [1.29, 1.82) is 0 Å². The van der Waals surface area contributed by atoms with Crippen LogP contribution >= 0.6 is 11.3 Å². The van der Waals surface area contributed by atoms with Gasteiger partial charge in [0.15, 0.2) is 29.8 Å². The van der Waals surface area contributed by atoms with E-state index in [1.54, 1.807) is 36.2 Å². The number of nitrogens with zero attached hydrogens (tertiary/aromatic N) is 4. The van der Waals surface area contributed by atoms with Gasteiger partial charge in [-0.2, -0.15) is 0 Å². The normalized spacial score (nSPS) is 19.3. The largest absolute Gasteiger partial charge is 0.493 e. The molecule has 0 bridgehead atoms. The summed E-state index contributed by atoms with van der Waals surface area (Å²) >= 11 is 1.29. The molecule has 18 heteroatoms. The van der Waals surface area contributed by atoms with Crippen molar-refractivity contribution >= 4 is 68.4 Å². The van der Waals surface area contributed by atoms with Crippen molar-refractivity contribution in [1.82, 2.24) is 14.5 Å². The number of aryl methyl sites for hydroxylation is 1. The molecule has 3 aliphatic heterocycles. The number of fused-ring (bicyclic) bond motifs is 3. The molecule has 302 valence electrons. The summed E-state index contributed by atoms with van der Waals surface area (Å²) in [5.74, 6) is -0.935. The third-order valence-corrected chi connectivity index (χ3v) is 11.2. The van der Waals surface area contributed by atoms with Crippen LogP contribution in [-0.4, -0.2) is 102 Å². The Bertz CT molecular complexity index is 2180. The van der Waals surface area contributed by atoms with Crippen molar-refractivity contribution in [2.75, 3.05) is 49.5 Å². The lowest BCUT2D eigenvalue weighted by atomic mass is 10.00. The molecule has 7 rings (SSSR count). The number of ether oxygens (including phenoxy) is 5. The molecule has 3 N–H and O–H groups in total. The van der Waals surface area contributed by atoms with Crippen molar-refractivity contribution in [3.63, 3.8) is 0 Å². The van der Waals surface area contributed by atoms with Crippen molar-refractivity contribution in [2.24, 2.45) is 7.05 Å². The number of amides is 4. The molecule has 0 aliphatic carbocycles. The van der Waals surface area contributed by atoms with Gasteiger partial charge in [-0.15, -0.1) is 11.3 Å². The molecular formula is C39H44N6O11S. The Morgan fingerprint density at radius 3 is 2.60 bits per heavy atom. The number of piperidine rings is 1. The number of rotatable bonds is 12. The van der Waals surface area contributed by atoms with E-state index in [2.05, 4.69) is 15.6 Å². The second kappa shape index (κ2) is 17.2. The van der Waals surface area contributed by atoms with Crippen LogP contribution in [0.3, 0.4) is 0 Å². The summed E-state index contributed by atoms with van der Waals surface area (Å²) in [6, 6.07) is 9.43. The quantitative estimate of drug-likeness (QED) is 0.114. The minimum Gasteiger partial charge on any atom is -0.493 e. The lowest BCUT2D eigenvalue weighted by molar-refractivity contribution is -0.198. The van der Waals surface area contributed by atoms with E-state index < -0.39 is 36.5 Å². The zero-order valence-electron chi connectivity index (χ0n) is 31.8. The summed E-state index contributed by atoms with van der Waals surface area (Å²) in [7, 11) is 4.38. The zero-order chi connectivity index (χ0) is 40.2. The molecule has 0 saturated carbocycles. The fourth-order valence-electron chi connectivity index (χ4n) is 7.37. The van der Waals surface area contributed by atoms with Crippen LogP contribution in [0.25, 0.3) is 10.1 Å². The van der Waals surface area contributed by atoms with Crippen LogP contribution in [0, 0.1) is 0 Å². The molecule has 4 aromatic rings. The summed E-state index contributed by atoms with van der Waals surface area (Å²) in [6.07, 6.45) is 3.52. The smallest absolute Gasteiger partial charge is 0.414 e. The maximum Gasteiger partial charge on any atom is 0.414 e. The van der Waals surface area contributed by atoms with E-state index in [9.17, 15) is 29.1 Å². The number of carboxylic acid groups (broad SMARTS) is 1. The summed E-state index contributed by atoms with van der Waals surface area (Å²) < 4.78 is 31.0. The maximum absolute atomic E-state index is 14.0. The van der Waals surface area contributed by atoms with Gasteiger partial charge in [-0.1, -0.05) is 0 Å². The first-order valence-electron chi connectivity index (χ1n) is 18.8. The summed E-state index contributed by atoms with van der Waals surface area (Å²) in [6.45, 7) is 1.03. The number of nitrogens with one attached hydrogen (secondary N) is 2. The van der Waals surface area contributed by atoms with Gasteiger partial charge in [-0.25, -0.2) is 19.5 Å². The minimum absolute atomic E-state index is 0.0350. The Labute approximate surface area is 331 Å². The SMILES string of the molecule is COC(=O)c1cc2cc(NC(=O)c3nc(NC(=O)CCCOc4cc5c(cc4OC)C(=O)N4CCCC[C@H]4C(OC4CCCCO4)N5C(=O)O)cn3C)ccc2s1. The molecule has 57 heavy (non-hydrogen) atoms. The third kappa shape index (κ3) is 8.52. The van der Waals surface area contributed by atoms with E-state index in [1.807, 2.05) is 0 Å². The molecule has 4 amide bonds. The predicted octanol–water partition coefficient (Wildman–Crippen LogP) is 5.84. The van der Waals surface area contributed by atoms with Crippen molar-refractivity contribution < 1.29 is 52.8 Å². The number of imidazole rings is 1. The Hall–Kier alpha value is -5.72. The Kier molecular flexibility index (Phi) is 11.9. The van der Waals surface area contributed by atoms with Crippen LogP contribution in [0.4, 0.5) is 22.0 Å². The second-order valence-corrected chi connectivity index (χ2v) is 15.0. The number of esters is 1. The second-order valence-electron chi connectivity index (χ2n) is 13.9. The van der Waals surface area contributed by atoms with E-state index in [4.69, 9.17) is 23.7 Å². The fourth-order valence-corrected chi connectivity index (χ4v) is 8.33.